The topological polar surface area (TPSA) is 73.6 Å². The highest BCUT2D eigenvalue weighted by atomic mass is 32.1. The zero-order chi connectivity index (χ0) is 22.5. The molecule has 2 heterocycles. The lowest BCUT2D eigenvalue weighted by molar-refractivity contribution is 0.0696. The zero-order valence-corrected chi connectivity index (χ0v) is 19.3. The summed E-state index contributed by atoms with van der Waals surface area (Å²) in [5.74, 6) is 0.622. The number of aromatic carboxylic acids is 1. The van der Waals surface area contributed by atoms with E-state index in [1.54, 1.807) is 13.2 Å². The fourth-order valence-corrected chi connectivity index (χ4v) is 4.76. The van der Waals surface area contributed by atoms with E-state index in [9.17, 15) is 9.90 Å². The Balaban J connectivity index is 1.51. The fraction of sp³-hybridized carbons (Fsp3) is 0.360. The molecule has 1 aliphatic carbocycles. The second-order valence-corrected chi connectivity index (χ2v) is 8.88. The van der Waals surface area contributed by atoms with Crippen LogP contribution in [0.2, 0.25) is 0 Å². The molecule has 6 nitrogen and oxygen atoms in total. The molecule has 4 rings (SSSR count). The monoisotopic (exact) mass is 452 g/mol. The van der Waals surface area contributed by atoms with E-state index in [2.05, 4.69) is 10.6 Å². The lowest BCUT2D eigenvalue weighted by atomic mass is 9.97. The number of hydrogen-bond donors (Lipinski definition) is 1. The number of allylic oxidation sites excluding steroid dienone is 2. The van der Waals surface area contributed by atoms with E-state index in [-0.39, 0.29) is 0 Å². The highest BCUT2D eigenvalue weighted by molar-refractivity contribution is 7.09. The quantitative estimate of drug-likeness (QED) is 0.397. The van der Waals surface area contributed by atoms with Crippen LogP contribution in [0.4, 0.5) is 0 Å². The van der Waals surface area contributed by atoms with Gasteiger partial charge in [0.2, 0.25) is 0 Å². The molecule has 1 N–H and O–H groups in total. The molecule has 168 valence electrons. The lowest BCUT2D eigenvalue weighted by Crippen LogP contribution is -2.07. The van der Waals surface area contributed by atoms with Crippen molar-refractivity contribution in [3.63, 3.8) is 0 Å². The van der Waals surface area contributed by atoms with E-state index in [0.717, 1.165) is 59.4 Å². The van der Waals surface area contributed by atoms with E-state index in [1.807, 2.05) is 36.6 Å². The number of rotatable bonds is 9. The molecule has 1 aliphatic rings. The van der Waals surface area contributed by atoms with Crippen molar-refractivity contribution in [2.45, 2.75) is 52.2 Å². The third-order valence-corrected chi connectivity index (χ3v) is 6.70. The summed E-state index contributed by atoms with van der Waals surface area (Å²) < 4.78 is 13.1. The minimum atomic E-state index is -0.905. The second kappa shape index (κ2) is 10.0. The van der Waals surface area contributed by atoms with Crippen LogP contribution in [-0.4, -0.2) is 27.7 Å². The van der Waals surface area contributed by atoms with Gasteiger partial charge in [-0.15, -0.1) is 11.3 Å². The molecule has 0 bridgehead atoms. The third-order valence-electron chi connectivity index (χ3n) is 5.87. The SMILES string of the molecule is COc1ccc(OCc2nc(-c3cc(C(=O)O)c(C)n3CCC3=CCCCC3)cs2)cc1. The summed E-state index contributed by atoms with van der Waals surface area (Å²) in [7, 11) is 1.63. The summed E-state index contributed by atoms with van der Waals surface area (Å²) in [6, 6.07) is 9.18. The van der Waals surface area contributed by atoms with Crippen LogP contribution in [0, 0.1) is 6.92 Å². The van der Waals surface area contributed by atoms with Crippen LogP contribution < -0.4 is 9.47 Å². The van der Waals surface area contributed by atoms with E-state index in [4.69, 9.17) is 14.5 Å². The van der Waals surface area contributed by atoms with Gasteiger partial charge in [-0.2, -0.15) is 0 Å². The predicted molar refractivity (Wildman–Crippen MR) is 126 cm³/mol. The number of methoxy groups -OCH3 is 1. The number of aromatic nitrogens is 2. The highest BCUT2D eigenvalue weighted by Crippen LogP contribution is 2.30. The Morgan fingerprint density at radius 1 is 1.22 bits per heavy atom. The molecule has 3 aromatic rings. The summed E-state index contributed by atoms with van der Waals surface area (Å²) in [6.45, 7) is 2.99. The number of carboxylic acid groups (broad SMARTS) is 1. The molecular formula is C25H28N2O4S. The first-order valence-corrected chi connectivity index (χ1v) is 11.8. The van der Waals surface area contributed by atoms with Gasteiger partial charge in [-0.05, 0) is 69.4 Å². The maximum atomic E-state index is 11.8. The van der Waals surface area contributed by atoms with Crippen molar-refractivity contribution in [3.8, 4) is 22.9 Å². The molecule has 1 aromatic carbocycles. The van der Waals surface area contributed by atoms with E-state index in [1.165, 1.54) is 29.8 Å². The molecule has 0 saturated carbocycles. The molecule has 0 unspecified atom stereocenters. The number of nitrogens with zero attached hydrogens (tertiary/aromatic N) is 2. The number of hydrogen-bond acceptors (Lipinski definition) is 5. The summed E-state index contributed by atoms with van der Waals surface area (Å²) >= 11 is 1.52. The molecule has 0 fully saturated rings. The largest absolute Gasteiger partial charge is 0.497 e. The molecule has 32 heavy (non-hydrogen) atoms. The number of thiazole rings is 1. The summed E-state index contributed by atoms with van der Waals surface area (Å²) in [5.41, 5.74) is 4.22. The molecule has 0 radical (unpaired) electrons. The van der Waals surface area contributed by atoms with Gasteiger partial charge in [0.1, 0.15) is 23.1 Å². The zero-order valence-electron chi connectivity index (χ0n) is 18.5. The molecule has 2 aromatic heterocycles. The number of carboxylic acids is 1. The number of carbonyl (C=O) groups is 1. The van der Waals surface area contributed by atoms with Crippen molar-refractivity contribution < 1.29 is 19.4 Å². The normalized spacial score (nSPS) is 13.6. The highest BCUT2D eigenvalue weighted by Gasteiger charge is 2.20. The molecule has 0 aliphatic heterocycles. The first-order chi connectivity index (χ1) is 15.5. The molecule has 7 heteroatoms. The third kappa shape index (κ3) is 5.05. The Morgan fingerprint density at radius 2 is 2.00 bits per heavy atom. The van der Waals surface area contributed by atoms with Crippen molar-refractivity contribution in [2.24, 2.45) is 0 Å². The summed E-state index contributed by atoms with van der Waals surface area (Å²) in [4.78, 5) is 16.5. The van der Waals surface area contributed by atoms with E-state index < -0.39 is 5.97 Å². The Hall–Kier alpha value is -3.06. The van der Waals surface area contributed by atoms with Crippen LogP contribution in [0.1, 0.15) is 53.2 Å². The van der Waals surface area contributed by atoms with Crippen LogP contribution in [0.15, 0.2) is 47.4 Å². The Bertz CT molecular complexity index is 1110. The average Bonchev–Trinajstić information content (AvgIpc) is 3.41. The van der Waals surface area contributed by atoms with Crippen molar-refractivity contribution in [1.82, 2.24) is 9.55 Å². The maximum absolute atomic E-state index is 11.8. The van der Waals surface area contributed by atoms with Gasteiger partial charge in [0, 0.05) is 17.6 Å². The number of ether oxygens (including phenoxy) is 2. The van der Waals surface area contributed by atoms with E-state index >= 15 is 0 Å². The van der Waals surface area contributed by atoms with Gasteiger partial charge in [0.15, 0.2) is 0 Å². The molecular weight excluding hydrogens is 424 g/mol. The van der Waals surface area contributed by atoms with Gasteiger partial charge >= 0.3 is 5.97 Å². The van der Waals surface area contributed by atoms with Crippen molar-refractivity contribution in [2.75, 3.05) is 7.11 Å². The lowest BCUT2D eigenvalue weighted by Gasteiger charge is -2.15. The standard InChI is InChI=1S/C25H28N2O4S/c1-17-21(25(28)29)14-23(27(17)13-12-18-6-4-3-5-7-18)22-16-32-24(26-22)15-31-20-10-8-19(30-2)9-11-20/h6,8-11,14,16H,3-5,7,12-13,15H2,1-2H3,(H,28,29). The van der Waals surface area contributed by atoms with Crippen LogP contribution in [-0.2, 0) is 13.2 Å². The van der Waals surface area contributed by atoms with Crippen LogP contribution in [0.5, 0.6) is 11.5 Å². The molecule has 0 amide bonds. The van der Waals surface area contributed by atoms with Crippen molar-refractivity contribution >= 4 is 17.3 Å². The smallest absolute Gasteiger partial charge is 0.337 e. The fourth-order valence-electron chi connectivity index (χ4n) is 4.06. The van der Waals surface area contributed by atoms with E-state index in [0.29, 0.717) is 12.2 Å². The average molecular weight is 453 g/mol. The van der Waals surface area contributed by atoms with Crippen LogP contribution in [0.3, 0.4) is 0 Å². The minimum Gasteiger partial charge on any atom is -0.497 e. The van der Waals surface area contributed by atoms with Gasteiger partial charge in [0.25, 0.3) is 0 Å². The second-order valence-electron chi connectivity index (χ2n) is 7.93. The summed E-state index contributed by atoms with van der Waals surface area (Å²) in [5, 5.41) is 12.5. The molecule has 0 atom stereocenters. The number of benzene rings is 1. The van der Waals surface area contributed by atoms with Gasteiger partial charge in [0.05, 0.1) is 24.1 Å². The Kier molecular flexibility index (Phi) is 6.95. The molecule has 0 spiro atoms. The molecule has 0 saturated heterocycles. The Morgan fingerprint density at radius 3 is 2.69 bits per heavy atom. The Labute approximate surface area is 192 Å². The van der Waals surface area contributed by atoms with Gasteiger partial charge < -0.3 is 19.1 Å². The van der Waals surface area contributed by atoms with Gasteiger partial charge in [-0.25, -0.2) is 9.78 Å². The predicted octanol–water partition coefficient (Wildman–Crippen LogP) is 6.10. The summed E-state index contributed by atoms with van der Waals surface area (Å²) in [6.07, 6.45) is 8.09. The minimum absolute atomic E-state index is 0.335. The van der Waals surface area contributed by atoms with Crippen LogP contribution >= 0.6 is 11.3 Å². The van der Waals surface area contributed by atoms with Crippen LogP contribution in [0.25, 0.3) is 11.4 Å². The van der Waals surface area contributed by atoms with Gasteiger partial charge in [-0.3, -0.25) is 0 Å². The van der Waals surface area contributed by atoms with Crippen molar-refractivity contribution in [3.05, 3.63) is 63.6 Å². The van der Waals surface area contributed by atoms with Gasteiger partial charge in [-0.1, -0.05) is 11.6 Å². The maximum Gasteiger partial charge on any atom is 0.337 e. The van der Waals surface area contributed by atoms with Crippen molar-refractivity contribution in [1.29, 1.82) is 0 Å². The first kappa shape index (κ1) is 22.1. The first-order valence-electron chi connectivity index (χ1n) is 10.9.